The molecule has 104 valence electrons. The normalized spacial score (nSPS) is 16.7. The molecule has 1 aliphatic rings. The number of rotatable bonds is 3. The van der Waals surface area contributed by atoms with Gasteiger partial charge in [-0.3, -0.25) is 4.79 Å². The third-order valence-corrected chi connectivity index (χ3v) is 3.38. The first-order chi connectivity index (χ1) is 9.06. The van der Waals surface area contributed by atoms with Crippen LogP contribution in [-0.4, -0.2) is 36.2 Å². The molecule has 0 unspecified atom stereocenters. The molecule has 0 saturated carbocycles. The van der Waals surface area contributed by atoms with E-state index in [0.29, 0.717) is 5.56 Å². The van der Waals surface area contributed by atoms with Gasteiger partial charge in [0.15, 0.2) is 0 Å². The van der Waals surface area contributed by atoms with Gasteiger partial charge in [0.1, 0.15) is 0 Å². The smallest absolute Gasteiger partial charge is 0.251 e. The van der Waals surface area contributed by atoms with Crippen LogP contribution in [0.1, 0.15) is 37.0 Å². The summed E-state index contributed by atoms with van der Waals surface area (Å²) >= 11 is 0. The Morgan fingerprint density at radius 3 is 2.37 bits per heavy atom. The molecule has 4 nitrogen and oxygen atoms in total. The summed E-state index contributed by atoms with van der Waals surface area (Å²) in [4.78, 5) is 14.1. The molecule has 1 aromatic carbocycles. The van der Waals surface area contributed by atoms with Crippen molar-refractivity contribution in [2.24, 2.45) is 0 Å². The van der Waals surface area contributed by atoms with Gasteiger partial charge in [0.25, 0.3) is 5.91 Å². The van der Waals surface area contributed by atoms with Crippen LogP contribution in [0.5, 0.6) is 0 Å². The lowest BCUT2D eigenvalue weighted by molar-refractivity contribution is 0.0943. The minimum atomic E-state index is -0.160. The number of amides is 1. The lowest BCUT2D eigenvalue weighted by atomic mass is 10.1. The number of hydrogen-bond donors (Lipinski definition) is 2. The third kappa shape index (κ3) is 3.70. The van der Waals surface area contributed by atoms with Crippen molar-refractivity contribution >= 4 is 11.6 Å². The number of nitrogens with zero attached hydrogens (tertiary/aromatic N) is 1. The molecule has 0 bridgehead atoms. The fourth-order valence-electron chi connectivity index (χ4n) is 2.29. The van der Waals surface area contributed by atoms with Crippen molar-refractivity contribution in [1.82, 2.24) is 5.32 Å². The van der Waals surface area contributed by atoms with Crippen molar-refractivity contribution in [2.75, 3.05) is 18.0 Å². The van der Waals surface area contributed by atoms with Crippen molar-refractivity contribution in [1.29, 1.82) is 0 Å². The highest BCUT2D eigenvalue weighted by Crippen LogP contribution is 2.20. The van der Waals surface area contributed by atoms with Gasteiger partial charge in [-0.15, -0.1) is 0 Å². The summed E-state index contributed by atoms with van der Waals surface area (Å²) in [5.41, 5.74) is 1.81. The molecule has 1 aliphatic heterocycles. The SMILES string of the molecule is CC(C)NC(=O)c1ccc(N2CCC(O)CC2)cc1. The average Bonchev–Trinajstić information content (AvgIpc) is 2.39. The zero-order valence-corrected chi connectivity index (χ0v) is 11.6. The summed E-state index contributed by atoms with van der Waals surface area (Å²) in [5.74, 6) is -0.0318. The molecule has 1 aromatic rings. The van der Waals surface area contributed by atoms with E-state index < -0.39 is 0 Å². The third-order valence-electron chi connectivity index (χ3n) is 3.38. The second-order valence-electron chi connectivity index (χ2n) is 5.39. The number of aliphatic hydroxyl groups is 1. The van der Waals surface area contributed by atoms with Crippen LogP contribution in [0.4, 0.5) is 5.69 Å². The number of aliphatic hydroxyl groups excluding tert-OH is 1. The maximum absolute atomic E-state index is 11.8. The van der Waals surface area contributed by atoms with Crippen LogP contribution < -0.4 is 10.2 Å². The lowest BCUT2D eigenvalue weighted by Crippen LogP contribution is -2.35. The van der Waals surface area contributed by atoms with E-state index in [0.717, 1.165) is 31.6 Å². The molecule has 0 radical (unpaired) electrons. The summed E-state index contributed by atoms with van der Waals surface area (Å²) in [6, 6.07) is 7.83. The van der Waals surface area contributed by atoms with E-state index in [1.807, 2.05) is 38.1 Å². The maximum atomic E-state index is 11.8. The summed E-state index contributed by atoms with van der Waals surface area (Å²) in [6.07, 6.45) is 1.47. The van der Waals surface area contributed by atoms with Crippen LogP contribution in [0.2, 0.25) is 0 Å². The quantitative estimate of drug-likeness (QED) is 0.873. The van der Waals surface area contributed by atoms with Crippen molar-refractivity contribution in [2.45, 2.75) is 38.8 Å². The fraction of sp³-hybridized carbons (Fsp3) is 0.533. The van der Waals surface area contributed by atoms with Gasteiger partial charge in [0.05, 0.1) is 6.10 Å². The summed E-state index contributed by atoms with van der Waals surface area (Å²) in [5, 5.41) is 12.4. The van der Waals surface area contributed by atoms with Gasteiger partial charge in [0, 0.05) is 30.4 Å². The summed E-state index contributed by atoms with van der Waals surface area (Å²) in [7, 11) is 0. The molecule has 19 heavy (non-hydrogen) atoms. The highest BCUT2D eigenvalue weighted by Gasteiger charge is 2.17. The largest absolute Gasteiger partial charge is 0.393 e. The Hall–Kier alpha value is -1.55. The first kappa shape index (κ1) is 13.9. The van der Waals surface area contributed by atoms with E-state index in [9.17, 15) is 9.90 Å². The predicted octanol–water partition coefficient (Wildman–Crippen LogP) is 1.79. The number of carbonyl (C=O) groups is 1. The Balaban J connectivity index is 2.00. The van der Waals surface area contributed by atoms with Gasteiger partial charge in [0.2, 0.25) is 0 Å². The van der Waals surface area contributed by atoms with E-state index in [2.05, 4.69) is 10.2 Å². The zero-order valence-electron chi connectivity index (χ0n) is 11.6. The number of piperidine rings is 1. The van der Waals surface area contributed by atoms with Crippen LogP contribution >= 0.6 is 0 Å². The summed E-state index contributed by atoms with van der Waals surface area (Å²) < 4.78 is 0. The van der Waals surface area contributed by atoms with E-state index >= 15 is 0 Å². The molecule has 2 rings (SSSR count). The van der Waals surface area contributed by atoms with Crippen LogP contribution in [-0.2, 0) is 0 Å². The first-order valence-electron chi connectivity index (χ1n) is 6.90. The Morgan fingerprint density at radius 2 is 1.84 bits per heavy atom. The van der Waals surface area contributed by atoms with Crippen molar-refractivity contribution in [3.63, 3.8) is 0 Å². The number of benzene rings is 1. The van der Waals surface area contributed by atoms with E-state index in [1.54, 1.807) is 0 Å². The number of carbonyl (C=O) groups excluding carboxylic acids is 1. The molecule has 1 heterocycles. The van der Waals surface area contributed by atoms with Crippen LogP contribution in [0.15, 0.2) is 24.3 Å². The first-order valence-corrected chi connectivity index (χ1v) is 6.90. The Morgan fingerprint density at radius 1 is 1.26 bits per heavy atom. The highest BCUT2D eigenvalue weighted by atomic mass is 16.3. The molecule has 0 aromatic heterocycles. The summed E-state index contributed by atoms with van der Waals surface area (Å²) in [6.45, 7) is 5.65. The van der Waals surface area contributed by atoms with Crippen LogP contribution in [0.25, 0.3) is 0 Å². The van der Waals surface area contributed by atoms with E-state index in [-0.39, 0.29) is 18.1 Å². The Kier molecular flexibility index (Phi) is 4.43. The van der Waals surface area contributed by atoms with E-state index in [4.69, 9.17) is 0 Å². The second kappa shape index (κ2) is 6.06. The Bertz CT molecular complexity index is 420. The van der Waals surface area contributed by atoms with Gasteiger partial charge in [-0.25, -0.2) is 0 Å². The minimum Gasteiger partial charge on any atom is -0.393 e. The molecule has 0 aliphatic carbocycles. The highest BCUT2D eigenvalue weighted by molar-refractivity contribution is 5.94. The second-order valence-corrected chi connectivity index (χ2v) is 5.39. The standard InChI is InChI=1S/C15H22N2O2/c1-11(2)16-15(19)12-3-5-13(6-4-12)17-9-7-14(18)8-10-17/h3-6,11,14,18H,7-10H2,1-2H3,(H,16,19). The number of hydrogen-bond acceptors (Lipinski definition) is 3. The predicted molar refractivity (Wildman–Crippen MR) is 76.5 cm³/mol. The Labute approximate surface area is 114 Å². The van der Waals surface area contributed by atoms with Gasteiger partial charge in [-0.2, -0.15) is 0 Å². The molecular formula is C15H22N2O2. The average molecular weight is 262 g/mol. The van der Waals surface area contributed by atoms with Crippen LogP contribution in [0, 0.1) is 0 Å². The molecule has 2 N–H and O–H groups in total. The van der Waals surface area contributed by atoms with Crippen LogP contribution in [0.3, 0.4) is 0 Å². The molecule has 1 amide bonds. The minimum absolute atomic E-state index is 0.0318. The lowest BCUT2D eigenvalue weighted by Gasteiger charge is -2.31. The maximum Gasteiger partial charge on any atom is 0.251 e. The molecule has 0 atom stereocenters. The molecule has 1 saturated heterocycles. The zero-order chi connectivity index (χ0) is 13.8. The fourth-order valence-corrected chi connectivity index (χ4v) is 2.29. The molecule has 1 fully saturated rings. The van der Waals surface area contributed by atoms with Crippen molar-refractivity contribution < 1.29 is 9.90 Å². The molecule has 0 spiro atoms. The van der Waals surface area contributed by atoms with E-state index in [1.165, 1.54) is 0 Å². The van der Waals surface area contributed by atoms with Crippen molar-refractivity contribution in [3.05, 3.63) is 29.8 Å². The monoisotopic (exact) mass is 262 g/mol. The van der Waals surface area contributed by atoms with Gasteiger partial charge < -0.3 is 15.3 Å². The molecule has 4 heteroatoms. The van der Waals surface area contributed by atoms with Crippen molar-refractivity contribution in [3.8, 4) is 0 Å². The molecular weight excluding hydrogens is 240 g/mol. The number of nitrogens with one attached hydrogen (secondary N) is 1. The topological polar surface area (TPSA) is 52.6 Å². The van der Waals surface area contributed by atoms with Gasteiger partial charge >= 0.3 is 0 Å². The van der Waals surface area contributed by atoms with Gasteiger partial charge in [-0.1, -0.05) is 0 Å². The van der Waals surface area contributed by atoms with Gasteiger partial charge in [-0.05, 0) is 51.0 Å². The number of anilines is 1.